The molecule has 204 valence electrons. The van der Waals surface area contributed by atoms with Gasteiger partial charge in [-0.15, -0.1) is 0 Å². The molecular formula is C31H30N4O5. The Morgan fingerprint density at radius 2 is 1.30 bits per heavy atom. The van der Waals surface area contributed by atoms with E-state index in [1.165, 1.54) is 6.33 Å². The van der Waals surface area contributed by atoms with Crippen molar-refractivity contribution in [2.75, 3.05) is 6.61 Å². The normalized spacial score (nSPS) is 21.0. The maximum Gasteiger partial charge on any atom is 0.278 e. The highest BCUT2D eigenvalue weighted by molar-refractivity contribution is 5.68. The quantitative estimate of drug-likeness (QED) is 0.281. The van der Waals surface area contributed by atoms with Crippen molar-refractivity contribution in [3.05, 3.63) is 131 Å². The molecule has 9 heteroatoms. The largest absolute Gasteiger partial charge is 0.368 e. The first-order valence-electron chi connectivity index (χ1n) is 13.2. The van der Waals surface area contributed by atoms with Crippen LogP contribution >= 0.6 is 0 Å². The number of imidazole rings is 1. The molecule has 0 bridgehead atoms. The van der Waals surface area contributed by atoms with Crippen LogP contribution in [0.4, 0.5) is 0 Å². The van der Waals surface area contributed by atoms with Crippen molar-refractivity contribution in [2.45, 2.75) is 44.4 Å². The van der Waals surface area contributed by atoms with Gasteiger partial charge in [0.05, 0.1) is 39.1 Å². The zero-order valence-corrected chi connectivity index (χ0v) is 21.8. The predicted molar refractivity (Wildman–Crippen MR) is 148 cm³/mol. The van der Waals surface area contributed by atoms with E-state index in [9.17, 15) is 4.79 Å². The second-order valence-corrected chi connectivity index (χ2v) is 9.64. The SMILES string of the molecule is O=c1[nH]cnc2c1ncn2[C@@H]1OC[C@@H](OCc2ccccc2)[C@@H](OCc2ccccc2)[C@@H]1OCc1ccccc1. The zero-order chi connectivity index (χ0) is 27.1. The number of aromatic nitrogens is 4. The molecule has 4 atom stereocenters. The van der Waals surface area contributed by atoms with Crippen LogP contribution in [-0.2, 0) is 38.8 Å². The Labute approximate surface area is 231 Å². The van der Waals surface area contributed by atoms with Gasteiger partial charge in [-0.05, 0) is 16.7 Å². The minimum absolute atomic E-state index is 0.233. The molecule has 3 heterocycles. The number of aromatic amines is 1. The number of nitrogens with one attached hydrogen (secondary N) is 1. The molecule has 1 aliphatic heterocycles. The summed E-state index contributed by atoms with van der Waals surface area (Å²) in [5.41, 5.74) is 3.43. The number of hydrogen-bond acceptors (Lipinski definition) is 7. The Balaban J connectivity index is 1.33. The third-order valence-electron chi connectivity index (χ3n) is 6.92. The monoisotopic (exact) mass is 538 g/mol. The van der Waals surface area contributed by atoms with Gasteiger partial charge in [0.15, 0.2) is 17.4 Å². The second-order valence-electron chi connectivity index (χ2n) is 9.64. The molecule has 3 aromatic carbocycles. The molecule has 1 N–H and O–H groups in total. The van der Waals surface area contributed by atoms with Gasteiger partial charge in [0.25, 0.3) is 5.56 Å². The lowest BCUT2D eigenvalue weighted by atomic mass is 10.0. The van der Waals surface area contributed by atoms with Crippen LogP contribution in [0.2, 0.25) is 0 Å². The summed E-state index contributed by atoms with van der Waals surface area (Å²) < 4.78 is 27.7. The molecule has 1 saturated heterocycles. The summed E-state index contributed by atoms with van der Waals surface area (Å²) >= 11 is 0. The van der Waals surface area contributed by atoms with Crippen LogP contribution in [0.15, 0.2) is 108 Å². The van der Waals surface area contributed by atoms with Crippen molar-refractivity contribution in [1.29, 1.82) is 0 Å². The minimum atomic E-state index is -0.652. The molecule has 0 aliphatic carbocycles. The van der Waals surface area contributed by atoms with Crippen molar-refractivity contribution >= 4 is 11.2 Å². The van der Waals surface area contributed by atoms with Crippen LogP contribution < -0.4 is 5.56 Å². The lowest BCUT2D eigenvalue weighted by Gasteiger charge is -2.42. The summed E-state index contributed by atoms with van der Waals surface area (Å²) in [5, 5.41) is 0. The summed E-state index contributed by atoms with van der Waals surface area (Å²) in [6.45, 7) is 1.37. The molecule has 1 aliphatic rings. The van der Waals surface area contributed by atoms with Crippen LogP contribution in [0, 0.1) is 0 Å². The Hall–Kier alpha value is -4.15. The number of rotatable bonds is 10. The smallest absolute Gasteiger partial charge is 0.278 e. The van der Waals surface area contributed by atoms with E-state index in [0.717, 1.165) is 16.7 Å². The molecule has 0 spiro atoms. The van der Waals surface area contributed by atoms with Crippen molar-refractivity contribution in [3.8, 4) is 0 Å². The number of hydrogen-bond donors (Lipinski definition) is 1. The first kappa shape index (κ1) is 26.1. The number of ether oxygens (including phenoxy) is 4. The van der Waals surface area contributed by atoms with Gasteiger partial charge in [-0.2, -0.15) is 0 Å². The number of H-pyrrole nitrogens is 1. The van der Waals surface area contributed by atoms with Crippen LogP contribution in [0.1, 0.15) is 22.9 Å². The van der Waals surface area contributed by atoms with E-state index in [2.05, 4.69) is 15.0 Å². The molecule has 0 saturated carbocycles. The Morgan fingerprint density at radius 1 is 0.750 bits per heavy atom. The molecule has 40 heavy (non-hydrogen) atoms. The summed E-state index contributed by atoms with van der Waals surface area (Å²) in [7, 11) is 0. The fourth-order valence-corrected chi connectivity index (χ4v) is 4.88. The third-order valence-corrected chi connectivity index (χ3v) is 6.92. The van der Waals surface area contributed by atoms with Gasteiger partial charge in [0, 0.05) is 0 Å². The molecule has 1 fully saturated rings. The molecule has 6 rings (SSSR count). The first-order chi connectivity index (χ1) is 19.8. The number of nitrogens with zero attached hydrogens (tertiary/aromatic N) is 3. The molecule has 0 amide bonds. The predicted octanol–water partition coefficient (Wildman–Crippen LogP) is 4.40. The van der Waals surface area contributed by atoms with Crippen molar-refractivity contribution in [2.24, 2.45) is 0 Å². The number of benzene rings is 3. The van der Waals surface area contributed by atoms with Gasteiger partial charge < -0.3 is 23.9 Å². The Morgan fingerprint density at radius 3 is 1.90 bits per heavy atom. The van der Waals surface area contributed by atoms with Gasteiger partial charge in [0.2, 0.25) is 0 Å². The van der Waals surface area contributed by atoms with Crippen LogP contribution in [0.25, 0.3) is 11.2 Å². The van der Waals surface area contributed by atoms with E-state index >= 15 is 0 Å². The van der Waals surface area contributed by atoms with Gasteiger partial charge in [0.1, 0.15) is 18.3 Å². The summed E-state index contributed by atoms with van der Waals surface area (Å²) in [4.78, 5) is 23.6. The van der Waals surface area contributed by atoms with Crippen LogP contribution in [-0.4, -0.2) is 44.4 Å². The molecule has 2 aromatic heterocycles. The first-order valence-corrected chi connectivity index (χ1v) is 13.2. The average Bonchev–Trinajstić information content (AvgIpc) is 3.45. The zero-order valence-electron chi connectivity index (χ0n) is 21.8. The van der Waals surface area contributed by atoms with Gasteiger partial charge in [-0.1, -0.05) is 91.0 Å². The summed E-state index contributed by atoms with van der Waals surface area (Å²) in [5.74, 6) is 0. The molecule has 0 radical (unpaired) electrons. The average molecular weight is 539 g/mol. The van der Waals surface area contributed by atoms with E-state index in [1.54, 1.807) is 10.9 Å². The third kappa shape index (κ3) is 5.88. The van der Waals surface area contributed by atoms with Gasteiger partial charge >= 0.3 is 0 Å². The second kappa shape index (κ2) is 12.4. The van der Waals surface area contributed by atoms with Crippen molar-refractivity contribution in [1.82, 2.24) is 19.5 Å². The molecule has 9 nitrogen and oxygen atoms in total. The van der Waals surface area contributed by atoms with Crippen LogP contribution in [0.5, 0.6) is 0 Å². The fourth-order valence-electron chi connectivity index (χ4n) is 4.88. The topological polar surface area (TPSA) is 100 Å². The lowest BCUT2D eigenvalue weighted by Crippen LogP contribution is -2.54. The highest BCUT2D eigenvalue weighted by atomic mass is 16.6. The standard InChI is InChI=1S/C31H30N4O5/c36-30-26-29(32-20-33-30)35(21-34-26)31-28(39-18-24-14-8-3-9-15-24)27(38-17-23-12-6-2-7-13-23)25(19-40-31)37-16-22-10-4-1-5-11-22/h1-15,20-21,25,27-28,31H,16-19H2,(H,32,33,36)/t25-,27-,28+,31-/m1/s1. The fraction of sp³-hybridized carbons (Fsp3) is 0.258. The lowest BCUT2D eigenvalue weighted by molar-refractivity contribution is -0.255. The van der Waals surface area contributed by atoms with Crippen molar-refractivity contribution < 1.29 is 18.9 Å². The van der Waals surface area contributed by atoms with E-state index in [1.807, 2.05) is 91.0 Å². The Bertz CT molecular complexity index is 1560. The minimum Gasteiger partial charge on any atom is -0.368 e. The van der Waals surface area contributed by atoms with E-state index in [0.29, 0.717) is 25.5 Å². The van der Waals surface area contributed by atoms with Crippen molar-refractivity contribution in [3.63, 3.8) is 0 Å². The highest BCUT2D eigenvalue weighted by Crippen LogP contribution is 2.33. The maximum absolute atomic E-state index is 12.4. The Kier molecular flexibility index (Phi) is 8.06. The molecule has 5 aromatic rings. The van der Waals surface area contributed by atoms with Gasteiger partial charge in [-0.25, -0.2) is 9.97 Å². The van der Waals surface area contributed by atoms with Gasteiger partial charge in [-0.3, -0.25) is 9.36 Å². The summed E-state index contributed by atoms with van der Waals surface area (Å²) in [6, 6.07) is 29.9. The van der Waals surface area contributed by atoms with E-state index < -0.39 is 24.5 Å². The maximum atomic E-state index is 12.4. The summed E-state index contributed by atoms with van der Waals surface area (Å²) in [6.07, 6.45) is 0.770. The molecule has 0 unspecified atom stereocenters. The van der Waals surface area contributed by atoms with E-state index in [4.69, 9.17) is 18.9 Å². The van der Waals surface area contributed by atoms with Crippen LogP contribution in [0.3, 0.4) is 0 Å². The highest BCUT2D eigenvalue weighted by Gasteiger charge is 2.44. The van der Waals surface area contributed by atoms with E-state index in [-0.39, 0.29) is 17.7 Å². The number of fused-ring (bicyclic) bond motifs is 1. The molecular weight excluding hydrogens is 508 g/mol.